The van der Waals surface area contributed by atoms with E-state index in [1.165, 1.54) is 0 Å². The summed E-state index contributed by atoms with van der Waals surface area (Å²) in [5.41, 5.74) is 5.67. The van der Waals surface area contributed by atoms with E-state index in [4.69, 9.17) is 10.5 Å². The van der Waals surface area contributed by atoms with E-state index in [0.29, 0.717) is 13.2 Å². The van der Waals surface area contributed by atoms with Gasteiger partial charge in [0.2, 0.25) is 5.91 Å². The second-order valence-electron chi connectivity index (χ2n) is 4.76. The molecule has 0 spiro atoms. The average Bonchev–Trinajstić information content (AvgIpc) is 2.86. The first kappa shape index (κ1) is 13.4. The van der Waals surface area contributed by atoms with E-state index in [1.54, 1.807) is 0 Å². The van der Waals surface area contributed by atoms with E-state index in [2.05, 4.69) is 21.2 Å². The van der Waals surface area contributed by atoms with Gasteiger partial charge in [-0.1, -0.05) is 15.9 Å². The Hall–Kier alpha value is -1.07. The van der Waals surface area contributed by atoms with Crippen molar-refractivity contribution in [3.05, 3.63) is 28.7 Å². The summed E-state index contributed by atoms with van der Waals surface area (Å²) in [7, 11) is 0. The number of rotatable bonds is 4. The molecule has 2 rings (SSSR count). The summed E-state index contributed by atoms with van der Waals surface area (Å²) in [4.78, 5) is 11.8. The third-order valence-electron chi connectivity index (χ3n) is 3.51. The monoisotopic (exact) mass is 312 g/mol. The fraction of sp³-hybridized carbons (Fsp3) is 0.462. The minimum atomic E-state index is -0.773. The standard InChI is InChI=1S/C13H17BrN2O2/c1-13(12(15)17,9-6-7-18-8-9)16-11-4-2-10(14)3-5-11/h2-5,9,16H,6-8H2,1H3,(H2,15,17). The molecule has 1 saturated heterocycles. The first-order valence-electron chi connectivity index (χ1n) is 5.94. The molecule has 4 nitrogen and oxygen atoms in total. The van der Waals surface area contributed by atoms with E-state index in [9.17, 15) is 4.79 Å². The van der Waals surface area contributed by atoms with Gasteiger partial charge in [0.1, 0.15) is 5.54 Å². The molecule has 3 N–H and O–H groups in total. The fourth-order valence-corrected chi connectivity index (χ4v) is 2.45. The van der Waals surface area contributed by atoms with Crippen LogP contribution in [0.4, 0.5) is 5.69 Å². The number of benzene rings is 1. The molecular weight excluding hydrogens is 296 g/mol. The Bertz CT molecular complexity index is 429. The highest BCUT2D eigenvalue weighted by atomic mass is 79.9. The summed E-state index contributed by atoms with van der Waals surface area (Å²) in [5.74, 6) is -0.237. The maximum absolute atomic E-state index is 11.8. The number of nitrogens with one attached hydrogen (secondary N) is 1. The molecule has 0 bridgehead atoms. The molecule has 1 amide bonds. The molecular formula is C13H17BrN2O2. The van der Waals surface area contributed by atoms with Crippen molar-refractivity contribution in [2.24, 2.45) is 11.7 Å². The number of halogens is 1. The van der Waals surface area contributed by atoms with Crippen molar-refractivity contribution in [3.63, 3.8) is 0 Å². The molecule has 98 valence electrons. The molecule has 18 heavy (non-hydrogen) atoms. The summed E-state index contributed by atoms with van der Waals surface area (Å²) >= 11 is 3.38. The quantitative estimate of drug-likeness (QED) is 0.895. The maximum atomic E-state index is 11.8. The molecule has 0 aromatic heterocycles. The van der Waals surface area contributed by atoms with Crippen LogP contribution >= 0.6 is 15.9 Å². The van der Waals surface area contributed by atoms with Crippen molar-refractivity contribution in [1.82, 2.24) is 0 Å². The van der Waals surface area contributed by atoms with Crippen LogP contribution in [0.2, 0.25) is 0 Å². The normalized spacial score (nSPS) is 22.4. The minimum Gasteiger partial charge on any atom is -0.381 e. The fourth-order valence-electron chi connectivity index (χ4n) is 2.19. The molecule has 5 heteroatoms. The van der Waals surface area contributed by atoms with Crippen molar-refractivity contribution in [1.29, 1.82) is 0 Å². The Morgan fingerprint density at radius 1 is 1.50 bits per heavy atom. The topological polar surface area (TPSA) is 64.3 Å². The Kier molecular flexibility index (Phi) is 3.92. The third kappa shape index (κ3) is 2.67. The summed E-state index contributed by atoms with van der Waals surface area (Å²) in [5, 5.41) is 3.25. The Labute approximate surface area is 115 Å². The van der Waals surface area contributed by atoms with E-state index in [1.807, 2.05) is 31.2 Å². The second-order valence-corrected chi connectivity index (χ2v) is 5.67. The van der Waals surface area contributed by atoms with Gasteiger partial charge in [-0.2, -0.15) is 0 Å². The zero-order chi connectivity index (χ0) is 13.2. The number of ether oxygens (including phenoxy) is 1. The molecule has 1 heterocycles. The van der Waals surface area contributed by atoms with Crippen LogP contribution < -0.4 is 11.1 Å². The zero-order valence-electron chi connectivity index (χ0n) is 10.3. The lowest BCUT2D eigenvalue weighted by atomic mass is 9.84. The highest BCUT2D eigenvalue weighted by Gasteiger charge is 2.41. The lowest BCUT2D eigenvalue weighted by molar-refractivity contribution is -0.123. The van der Waals surface area contributed by atoms with Crippen LogP contribution in [0.25, 0.3) is 0 Å². The number of carbonyl (C=O) groups excluding carboxylic acids is 1. The predicted molar refractivity (Wildman–Crippen MR) is 74.3 cm³/mol. The SMILES string of the molecule is CC(Nc1ccc(Br)cc1)(C(N)=O)C1CCOC1. The third-order valence-corrected chi connectivity index (χ3v) is 4.03. The summed E-state index contributed by atoms with van der Waals surface area (Å²) in [6, 6.07) is 7.69. The molecule has 2 atom stereocenters. The summed E-state index contributed by atoms with van der Waals surface area (Å²) in [6.07, 6.45) is 0.850. The molecule has 2 unspecified atom stereocenters. The van der Waals surface area contributed by atoms with Crippen molar-refractivity contribution < 1.29 is 9.53 Å². The van der Waals surface area contributed by atoms with Crippen molar-refractivity contribution in [2.75, 3.05) is 18.5 Å². The van der Waals surface area contributed by atoms with Gasteiger partial charge in [0, 0.05) is 22.7 Å². The van der Waals surface area contributed by atoms with Gasteiger partial charge < -0.3 is 15.8 Å². The number of nitrogens with two attached hydrogens (primary N) is 1. The highest BCUT2D eigenvalue weighted by molar-refractivity contribution is 9.10. The first-order valence-corrected chi connectivity index (χ1v) is 6.73. The van der Waals surface area contributed by atoms with Gasteiger partial charge in [0.05, 0.1) is 6.61 Å². The molecule has 1 aromatic carbocycles. The van der Waals surface area contributed by atoms with E-state index >= 15 is 0 Å². The molecule has 0 saturated carbocycles. The number of primary amides is 1. The van der Waals surface area contributed by atoms with Crippen LogP contribution in [0.5, 0.6) is 0 Å². The Morgan fingerprint density at radius 2 is 2.17 bits per heavy atom. The number of hydrogen-bond acceptors (Lipinski definition) is 3. The summed E-state index contributed by atoms with van der Waals surface area (Å²) < 4.78 is 6.35. The Morgan fingerprint density at radius 3 is 2.67 bits per heavy atom. The average molecular weight is 313 g/mol. The predicted octanol–water partition coefficient (Wildman–Crippen LogP) is 2.14. The first-order chi connectivity index (χ1) is 8.52. The molecule has 1 aromatic rings. The van der Waals surface area contributed by atoms with Crippen LogP contribution in [0.1, 0.15) is 13.3 Å². The van der Waals surface area contributed by atoms with Crippen LogP contribution in [0.3, 0.4) is 0 Å². The summed E-state index contributed by atoms with van der Waals surface area (Å²) in [6.45, 7) is 3.11. The molecule has 0 aliphatic carbocycles. The van der Waals surface area contributed by atoms with E-state index in [0.717, 1.165) is 16.6 Å². The maximum Gasteiger partial charge on any atom is 0.243 e. The van der Waals surface area contributed by atoms with Gasteiger partial charge in [-0.05, 0) is 37.6 Å². The van der Waals surface area contributed by atoms with E-state index < -0.39 is 5.54 Å². The van der Waals surface area contributed by atoms with Gasteiger partial charge in [-0.25, -0.2) is 0 Å². The van der Waals surface area contributed by atoms with E-state index in [-0.39, 0.29) is 11.8 Å². The Balaban J connectivity index is 2.20. The number of amides is 1. The van der Waals surface area contributed by atoms with Crippen LogP contribution in [-0.2, 0) is 9.53 Å². The number of carbonyl (C=O) groups is 1. The van der Waals surface area contributed by atoms with Gasteiger partial charge in [-0.15, -0.1) is 0 Å². The van der Waals surface area contributed by atoms with Gasteiger partial charge in [0.15, 0.2) is 0 Å². The number of hydrogen-bond donors (Lipinski definition) is 2. The highest BCUT2D eigenvalue weighted by Crippen LogP contribution is 2.29. The molecule has 1 aliphatic heterocycles. The lowest BCUT2D eigenvalue weighted by Crippen LogP contribution is -2.53. The van der Waals surface area contributed by atoms with Gasteiger partial charge >= 0.3 is 0 Å². The zero-order valence-corrected chi connectivity index (χ0v) is 11.9. The molecule has 1 aliphatic rings. The molecule has 1 fully saturated rings. The number of anilines is 1. The van der Waals surface area contributed by atoms with Crippen molar-refractivity contribution >= 4 is 27.5 Å². The van der Waals surface area contributed by atoms with Crippen LogP contribution in [0, 0.1) is 5.92 Å². The van der Waals surface area contributed by atoms with Gasteiger partial charge in [-0.3, -0.25) is 4.79 Å². The van der Waals surface area contributed by atoms with Crippen LogP contribution in [0.15, 0.2) is 28.7 Å². The van der Waals surface area contributed by atoms with Gasteiger partial charge in [0.25, 0.3) is 0 Å². The smallest absolute Gasteiger partial charge is 0.243 e. The minimum absolute atomic E-state index is 0.110. The van der Waals surface area contributed by atoms with Crippen LogP contribution in [-0.4, -0.2) is 24.7 Å². The largest absolute Gasteiger partial charge is 0.381 e. The molecule has 0 radical (unpaired) electrons. The second kappa shape index (κ2) is 5.28. The van der Waals surface area contributed by atoms with Crippen molar-refractivity contribution in [3.8, 4) is 0 Å². The van der Waals surface area contributed by atoms with Crippen molar-refractivity contribution in [2.45, 2.75) is 18.9 Å². The lowest BCUT2D eigenvalue weighted by Gasteiger charge is -2.33.